The third-order valence-corrected chi connectivity index (χ3v) is 6.23. The maximum atomic E-state index is 9.55. The van der Waals surface area contributed by atoms with Crippen LogP contribution in [0.1, 0.15) is 24.5 Å². The van der Waals surface area contributed by atoms with Crippen molar-refractivity contribution in [2.75, 3.05) is 31.5 Å². The molecule has 0 unspecified atom stereocenters. The third kappa shape index (κ3) is 5.76. The summed E-state index contributed by atoms with van der Waals surface area (Å²) < 4.78 is 0. The van der Waals surface area contributed by atoms with Crippen LogP contribution in [0.5, 0.6) is 5.75 Å². The molecule has 0 saturated carbocycles. The standard InChI is InChI=1S/C25H30ClN5O/c1-2-31(21-9-11-27-16-21)17-19-4-3-5-20(14-19)23-10-13-29-25(30-23)28-12-8-18-6-7-24(32)22(26)15-18/h3-7,10,13-15,21,27,32H,2,8-9,11-12,16-17H2,1H3,(H,28,29,30)/t21-/m0/s1. The molecule has 7 heteroatoms. The Bertz CT molecular complexity index is 1040. The Labute approximate surface area is 194 Å². The van der Waals surface area contributed by atoms with Crippen LogP contribution >= 0.6 is 11.6 Å². The van der Waals surface area contributed by atoms with Crippen LogP contribution in [-0.2, 0) is 13.0 Å². The molecule has 1 aromatic heterocycles. The second-order valence-corrected chi connectivity index (χ2v) is 8.55. The Balaban J connectivity index is 1.40. The number of benzene rings is 2. The number of hydrogen-bond donors (Lipinski definition) is 3. The van der Waals surface area contributed by atoms with Crippen molar-refractivity contribution in [2.45, 2.75) is 32.4 Å². The number of phenols is 1. The zero-order valence-electron chi connectivity index (χ0n) is 18.4. The van der Waals surface area contributed by atoms with Gasteiger partial charge < -0.3 is 15.7 Å². The van der Waals surface area contributed by atoms with Crippen molar-refractivity contribution in [3.8, 4) is 17.0 Å². The number of phenolic OH excluding ortho intramolecular Hbond substituents is 1. The highest BCUT2D eigenvalue weighted by atomic mass is 35.5. The molecule has 1 aliphatic rings. The van der Waals surface area contributed by atoms with Gasteiger partial charge in [0.05, 0.1) is 10.7 Å². The Hall–Kier alpha value is -2.67. The summed E-state index contributed by atoms with van der Waals surface area (Å²) in [5.41, 5.74) is 4.34. The third-order valence-electron chi connectivity index (χ3n) is 5.93. The fourth-order valence-electron chi connectivity index (χ4n) is 4.14. The first-order chi connectivity index (χ1) is 15.6. The number of rotatable bonds is 9. The number of likely N-dealkylation sites (N-methyl/N-ethyl adjacent to an activating group) is 1. The molecule has 2 aromatic carbocycles. The highest BCUT2D eigenvalue weighted by Crippen LogP contribution is 2.24. The van der Waals surface area contributed by atoms with E-state index in [2.05, 4.69) is 51.7 Å². The van der Waals surface area contributed by atoms with Gasteiger partial charge in [-0.3, -0.25) is 4.90 Å². The highest BCUT2D eigenvalue weighted by molar-refractivity contribution is 6.32. The molecule has 0 spiro atoms. The summed E-state index contributed by atoms with van der Waals surface area (Å²) in [5, 5.41) is 16.7. The van der Waals surface area contributed by atoms with Crippen molar-refractivity contribution in [1.82, 2.24) is 20.2 Å². The average Bonchev–Trinajstić information content (AvgIpc) is 3.35. The Morgan fingerprint density at radius 3 is 2.88 bits per heavy atom. The van der Waals surface area contributed by atoms with E-state index in [9.17, 15) is 5.11 Å². The number of anilines is 1. The highest BCUT2D eigenvalue weighted by Gasteiger charge is 2.21. The van der Waals surface area contributed by atoms with Crippen molar-refractivity contribution < 1.29 is 5.11 Å². The largest absolute Gasteiger partial charge is 0.506 e. The van der Waals surface area contributed by atoms with Gasteiger partial charge in [-0.05, 0) is 61.3 Å². The summed E-state index contributed by atoms with van der Waals surface area (Å²) in [4.78, 5) is 11.6. The van der Waals surface area contributed by atoms with Gasteiger partial charge in [0.2, 0.25) is 5.95 Å². The molecular formula is C25H30ClN5O. The fourth-order valence-corrected chi connectivity index (χ4v) is 4.35. The molecular weight excluding hydrogens is 422 g/mol. The number of nitrogens with zero attached hydrogens (tertiary/aromatic N) is 3. The zero-order chi connectivity index (χ0) is 22.3. The first kappa shape index (κ1) is 22.5. The molecule has 0 aliphatic carbocycles. The molecule has 1 atom stereocenters. The van der Waals surface area contributed by atoms with Gasteiger partial charge in [0.15, 0.2) is 0 Å². The quantitative estimate of drug-likeness (QED) is 0.449. The van der Waals surface area contributed by atoms with Crippen LogP contribution in [0.15, 0.2) is 54.7 Å². The molecule has 4 rings (SSSR count). The monoisotopic (exact) mass is 451 g/mol. The lowest BCUT2D eigenvalue weighted by atomic mass is 10.1. The summed E-state index contributed by atoms with van der Waals surface area (Å²) in [7, 11) is 0. The maximum absolute atomic E-state index is 9.55. The summed E-state index contributed by atoms with van der Waals surface area (Å²) in [6.45, 7) is 7.08. The van der Waals surface area contributed by atoms with Gasteiger partial charge in [-0.1, -0.05) is 42.8 Å². The number of aromatic hydroxyl groups is 1. The molecule has 1 aliphatic heterocycles. The van der Waals surface area contributed by atoms with Crippen molar-refractivity contribution in [3.63, 3.8) is 0 Å². The van der Waals surface area contributed by atoms with E-state index in [-0.39, 0.29) is 5.75 Å². The summed E-state index contributed by atoms with van der Waals surface area (Å²) in [6.07, 6.45) is 3.76. The number of hydrogen-bond acceptors (Lipinski definition) is 6. The van der Waals surface area contributed by atoms with E-state index in [1.54, 1.807) is 18.3 Å². The van der Waals surface area contributed by atoms with Crippen LogP contribution in [-0.4, -0.2) is 52.2 Å². The molecule has 168 valence electrons. The van der Waals surface area contributed by atoms with Crippen LogP contribution in [0.3, 0.4) is 0 Å². The molecule has 0 bridgehead atoms. The fraction of sp³-hybridized carbons (Fsp3) is 0.360. The van der Waals surface area contributed by atoms with Gasteiger partial charge in [-0.2, -0.15) is 0 Å². The van der Waals surface area contributed by atoms with Crippen molar-refractivity contribution in [1.29, 1.82) is 0 Å². The van der Waals surface area contributed by atoms with Gasteiger partial charge >= 0.3 is 0 Å². The summed E-state index contributed by atoms with van der Waals surface area (Å²) in [5.74, 6) is 0.702. The van der Waals surface area contributed by atoms with Crippen molar-refractivity contribution in [3.05, 3.63) is 70.9 Å². The van der Waals surface area contributed by atoms with Crippen LogP contribution in [0.4, 0.5) is 5.95 Å². The van der Waals surface area contributed by atoms with Crippen LogP contribution in [0, 0.1) is 0 Å². The molecule has 3 aromatic rings. The lowest BCUT2D eigenvalue weighted by molar-refractivity contribution is 0.210. The minimum atomic E-state index is 0.101. The maximum Gasteiger partial charge on any atom is 0.223 e. The summed E-state index contributed by atoms with van der Waals surface area (Å²) >= 11 is 5.99. The van der Waals surface area contributed by atoms with E-state index in [0.717, 1.165) is 49.4 Å². The molecule has 0 radical (unpaired) electrons. The lowest BCUT2D eigenvalue weighted by Crippen LogP contribution is -2.36. The van der Waals surface area contributed by atoms with E-state index in [1.165, 1.54) is 12.0 Å². The summed E-state index contributed by atoms with van der Waals surface area (Å²) in [6, 6.07) is 16.5. The van der Waals surface area contributed by atoms with Gasteiger partial charge in [0.25, 0.3) is 0 Å². The molecule has 6 nitrogen and oxygen atoms in total. The number of aromatic nitrogens is 2. The normalized spacial score (nSPS) is 15.9. The smallest absolute Gasteiger partial charge is 0.223 e. The van der Waals surface area contributed by atoms with Crippen LogP contribution in [0.2, 0.25) is 5.02 Å². The van der Waals surface area contributed by atoms with E-state index in [0.29, 0.717) is 23.6 Å². The average molecular weight is 452 g/mol. The number of nitrogens with one attached hydrogen (secondary N) is 2. The van der Waals surface area contributed by atoms with Gasteiger partial charge in [0.1, 0.15) is 5.75 Å². The molecule has 3 N–H and O–H groups in total. The second kappa shape index (κ2) is 10.8. The van der Waals surface area contributed by atoms with Crippen LogP contribution in [0.25, 0.3) is 11.3 Å². The Morgan fingerprint density at radius 2 is 2.09 bits per heavy atom. The second-order valence-electron chi connectivity index (χ2n) is 8.14. The first-order valence-corrected chi connectivity index (χ1v) is 11.6. The van der Waals surface area contributed by atoms with E-state index in [4.69, 9.17) is 16.6 Å². The van der Waals surface area contributed by atoms with Crippen LogP contribution < -0.4 is 10.6 Å². The van der Waals surface area contributed by atoms with E-state index < -0.39 is 0 Å². The van der Waals surface area contributed by atoms with Gasteiger partial charge in [0, 0.05) is 37.4 Å². The Morgan fingerprint density at radius 1 is 1.19 bits per heavy atom. The Kier molecular flexibility index (Phi) is 7.58. The molecule has 32 heavy (non-hydrogen) atoms. The predicted molar refractivity (Wildman–Crippen MR) is 130 cm³/mol. The lowest BCUT2D eigenvalue weighted by Gasteiger charge is -2.27. The zero-order valence-corrected chi connectivity index (χ0v) is 19.1. The topological polar surface area (TPSA) is 73.3 Å². The minimum Gasteiger partial charge on any atom is -0.506 e. The molecule has 2 heterocycles. The first-order valence-electron chi connectivity index (χ1n) is 11.2. The molecule has 1 fully saturated rings. The predicted octanol–water partition coefficient (Wildman–Crippen LogP) is 4.34. The van der Waals surface area contributed by atoms with Gasteiger partial charge in [-0.25, -0.2) is 9.97 Å². The minimum absolute atomic E-state index is 0.101. The van der Waals surface area contributed by atoms with Crippen molar-refractivity contribution >= 4 is 17.5 Å². The van der Waals surface area contributed by atoms with E-state index >= 15 is 0 Å². The van der Waals surface area contributed by atoms with Gasteiger partial charge in [-0.15, -0.1) is 0 Å². The number of halogens is 1. The van der Waals surface area contributed by atoms with E-state index in [1.807, 2.05) is 12.1 Å². The molecule has 1 saturated heterocycles. The SMILES string of the molecule is CCN(Cc1cccc(-c2ccnc(NCCc3ccc(O)c(Cl)c3)n2)c1)[C@H]1CCNC1. The molecule has 0 amide bonds. The van der Waals surface area contributed by atoms with Crippen molar-refractivity contribution in [2.24, 2.45) is 0 Å².